The highest BCUT2D eigenvalue weighted by Crippen LogP contribution is 2.21. The Morgan fingerprint density at radius 1 is 1.06 bits per heavy atom. The Morgan fingerprint density at radius 3 is 2.24 bits per heavy atom. The first-order valence-corrected chi connectivity index (χ1v) is 7.00. The van der Waals surface area contributed by atoms with Gasteiger partial charge in [-0.15, -0.1) is 0 Å². The van der Waals surface area contributed by atoms with Gasteiger partial charge in [0.1, 0.15) is 0 Å². The summed E-state index contributed by atoms with van der Waals surface area (Å²) in [6, 6.07) is 0.714. The van der Waals surface area contributed by atoms with E-state index in [1.54, 1.807) is 0 Å². The molecule has 102 valence electrons. The molecule has 1 saturated carbocycles. The Labute approximate surface area is 106 Å². The molecule has 0 aromatic rings. The molecule has 1 aliphatic carbocycles. The quantitative estimate of drug-likeness (QED) is 0.728. The molecule has 0 saturated heterocycles. The van der Waals surface area contributed by atoms with Gasteiger partial charge in [0, 0.05) is 6.04 Å². The Bertz CT molecular complexity index is 193. The molecule has 1 fully saturated rings. The number of hydrogen-bond donors (Lipinski definition) is 1. The second kappa shape index (κ2) is 7.34. The van der Waals surface area contributed by atoms with Crippen molar-refractivity contribution in [2.75, 3.05) is 19.8 Å². The molecule has 0 atom stereocenters. The van der Waals surface area contributed by atoms with E-state index < -0.39 is 0 Å². The molecular formula is C14H29NO2. The molecule has 1 N–H and O–H groups in total. The van der Waals surface area contributed by atoms with Gasteiger partial charge in [0.2, 0.25) is 0 Å². The molecular weight excluding hydrogens is 214 g/mol. The molecule has 0 spiro atoms. The fourth-order valence-electron chi connectivity index (χ4n) is 2.28. The second-order valence-electron chi connectivity index (χ2n) is 5.86. The zero-order chi connectivity index (χ0) is 12.7. The summed E-state index contributed by atoms with van der Waals surface area (Å²) in [6.07, 6.45) is 5.32. The fourth-order valence-corrected chi connectivity index (χ4v) is 2.28. The van der Waals surface area contributed by atoms with E-state index in [0.717, 1.165) is 13.2 Å². The van der Waals surface area contributed by atoms with Crippen LogP contribution in [0.15, 0.2) is 0 Å². The third kappa shape index (κ3) is 7.02. The lowest BCUT2D eigenvalue weighted by atomic mass is 9.93. The van der Waals surface area contributed by atoms with Gasteiger partial charge in [-0.2, -0.15) is 0 Å². The maximum absolute atomic E-state index is 5.85. The zero-order valence-corrected chi connectivity index (χ0v) is 11.9. The molecule has 0 aliphatic heterocycles. The second-order valence-corrected chi connectivity index (χ2v) is 5.86. The first-order chi connectivity index (χ1) is 8.01. The van der Waals surface area contributed by atoms with Crippen LogP contribution in [0.3, 0.4) is 0 Å². The predicted molar refractivity (Wildman–Crippen MR) is 71.4 cm³/mol. The van der Waals surface area contributed by atoms with Gasteiger partial charge >= 0.3 is 0 Å². The minimum atomic E-state index is -0.0495. The van der Waals surface area contributed by atoms with Crippen molar-refractivity contribution in [2.45, 2.75) is 71.1 Å². The number of nitrogens with one attached hydrogen (secondary N) is 1. The van der Waals surface area contributed by atoms with Gasteiger partial charge in [0.25, 0.3) is 0 Å². The minimum absolute atomic E-state index is 0.0495. The van der Waals surface area contributed by atoms with E-state index in [1.165, 1.54) is 25.7 Å². The van der Waals surface area contributed by atoms with Gasteiger partial charge in [0.05, 0.1) is 24.9 Å². The van der Waals surface area contributed by atoms with E-state index in [9.17, 15) is 0 Å². The van der Waals surface area contributed by atoms with Crippen molar-refractivity contribution < 1.29 is 9.47 Å². The first kappa shape index (κ1) is 14.9. The number of ether oxygens (including phenoxy) is 2. The van der Waals surface area contributed by atoms with Crippen LogP contribution in [0.2, 0.25) is 0 Å². The van der Waals surface area contributed by atoms with Crippen molar-refractivity contribution in [3.05, 3.63) is 0 Å². The van der Waals surface area contributed by atoms with E-state index in [0.29, 0.717) is 18.8 Å². The lowest BCUT2D eigenvalue weighted by Gasteiger charge is -2.29. The SMILES string of the molecule is CCNC1CCC(OCCOC(C)(C)C)CC1. The van der Waals surface area contributed by atoms with Crippen molar-refractivity contribution in [3.63, 3.8) is 0 Å². The van der Waals surface area contributed by atoms with Crippen molar-refractivity contribution in [1.82, 2.24) is 5.32 Å². The predicted octanol–water partition coefficient (Wildman–Crippen LogP) is 2.74. The van der Waals surface area contributed by atoms with Gasteiger partial charge in [-0.05, 0) is 53.0 Å². The third-order valence-corrected chi connectivity index (χ3v) is 3.14. The Hall–Kier alpha value is -0.120. The van der Waals surface area contributed by atoms with E-state index in [-0.39, 0.29) is 5.60 Å². The van der Waals surface area contributed by atoms with Crippen LogP contribution >= 0.6 is 0 Å². The van der Waals surface area contributed by atoms with Crippen molar-refractivity contribution in [1.29, 1.82) is 0 Å². The van der Waals surface area contributed by atoms with Gasteiger partial charge in [-0.3, -0.25) is 0 Å². The number of rotatable bonds is 6. The molecule has 1 rings (SSSR count). The van der Waals surface area contributed by atoms with Crippen molar-refractivity contribution in [3.8, 4) is 0 Å². The summed E-state index contributed by atoms with van der Waals surface area (Å²) in [4.78, 5) is 0. The topological polar surface area (TPSA) is 30.5 Å². The molecule has 1 aliphatic rings. The van der Waals surface area contributed by atoms with E-state index in [4.69, 9.17) is 9.47 Å². The van der Waals surface area contributed by atoms with Gasteiger partial charge in [-0.25, -0.2) is 0 Å². The molecule has 0 heterocycles. The molecule has 0 aromatic carbocycles. The summed E-state index contributed by atoms with van der Waals surface area (Å²) < 4.78 is 11.5. The van der Waals surface area contributed by atoms with Crippen LogP contribution < -0.4 is 5.32 Å². The van der Waals surface area contributed by atoms with Crippen LogP contribution in [0.4, 0.5) is 0 Å². The Morgan fingerprint density at radius 2 is 1.71 bits per heavy atom. The first-order valence-electron chi connectivity index (χ1n) is 7.00. The molecule has 0 amide bonds. The fraction of sp³-hybridized carbons (Fsp3) is 1.00. The van der Waals surface area contributed by atoms with Crippen LogP contribution in [0.25, 0.3) is 0 Å². The van der Waals surface area contributed by atoms with Crippen molar-refractivity contribution >= 4 is 0 Å². The van der Waals surface area contributed by atoms with Crippen LogP contribution in [-0.4, -0.2) is 37.5 Å². The van der Waals surface area contributed by atoms with E-state index >= 15 is 0 Å². The third-order valence-electron chi connectivity index (χ3n) is 3.14. The molecule has 0 radical (unpaired) electrons. The molecule has 0 unspecified atom stereocenters. The van der Waals surface area contributed by atoms with Crippen LogP contribution in [0.1, 0.15) is 53.4 Å². The highest BCUT2D eigenvalue weighted by atomic mass is 16.5. The van der Waals surface area contributed by atoms with Crippen LogP contribution in [0, 0.1) is 0 Å². The van der Waals surface area contributed by atoms with E-state index in [2.05, 4.69) is 33.0 Å². The smallest absolute Gasteiger partial charge is 0.0707 e. The minimum Gasteiger partial charge on any atom is -0.376 e. The van der Waals surface area contributed by atoms with Crippen LogP contribution in [-0.2, 0) is 9.47 Å². The van der Waals surface area contributed by atoms with Crippen molar-refractivity contribution in [2.24, 2.45) is 0 Å². The highest BCUT2D eigenvalue weighted by molar-refractivity contribution is 4.77. The Balaban J connectivity index is 2.02. The molecule has 0 aromatic heterocycles. The van der Waals surface area contributed by atoms with E-state index in [1.807, 2.05) is 0 Å². The Kier molecular flexibility index (Phi) is 6.45. The average Bonchev–Trinajstić information content (AvgIpc) is 2.26. The lowest BCUT2D eigenvalue weighted by Crippen LogP contribution is -2.35. The monoisotopic (exact) mass is 243 g/mol. The largest absolute Gasteiger partial charge is 0.376 e. The summed E-state index contributed by atoms with van der Waals surface area (Å²) in [6.45, 7) is 10.9. The molecule has 17 heavy (non-hydrogen) atoms. The summed E-state index contributed by atoms with van der Waals surface area (Å²) >= 11 is 0. The zero-order valence-electron chi connectivity index (χ0n) is 11.9. The maximum Gasteiger partial charge on any atom is 0.0707 e. The molecule has 0 bridgehead atoms. The maximum atomic E-state index is 5.85. The highest BCUT2D eigenvalue weighted by Gasteiger charge is 2.20. The average molecular weight is 243 g/mol. The number of hydrogen-bond acceptors (Lipinski definition) is 3. The normalized spacial score (nSPS) is 26.1. The van der Waals surface area contributed by atoms with Gasteiger partial charge < -0.3 is 14.8 Å². The summed E-state index contributed by atoms with van der Waals surface area (Å²) in [5.74, 6) is 0. The summed E-state index contributed by atoms with van der Waals surface area (Å²) in [5, 5.41) is 3.51. The summed E-state index contributed by atoms with van der Waals surface area (Å²) in [5.41, 5.74) is -0.0495. The molecule has 3 nitrogen and oxygen atoms in total. The standard InChI is InChI=1S/C14H29NO2/c1-5-15-12-6-8-13(9-7-12)16-10-11-17-14(2,3)4/h12-13,15H,5-11H2,1-4H3. The van der Waals surface area contributed by atoms with Gasteiger partial charge in [-0.1, -0.05) is 6.92 Å². The van der Waals surface area contributed by atoms with Gasteiger partial charge in [0.15, 0.2) is 0 Å². The van der Waals surface area contributed by atoms with Crippen LogP contribution in [0.5, 0.6) is 0 Å². The lowest BCUT2D eigenvalue weighted by molar-refractivity contribution is -0.0588. The molecule has 3 heteroatoms. The summed E-state index contributed by atoms with van der Waals surface area (Å²) in [7, 11) is 0.